The summed E-state index contributed by atoms with van der Waals surface area (Å²) in [6.45, 7) is -0.134. The molecule has 1 unspecified atom stereocenters. The van der Waals surface area contributed by atoms with Crippen molar-refractivity contribution in [2.45, 2.75) is 12.5 Å². The first-order chi connectivity index (χ1) is 12.4. The van der Waals surface area contributed by atoms with Crippen LogP contribution in [0.4, 0.5) is 8.78 Å². The molecule has 1 atom stereocenters. The molecule has 0 fully saturated rings. The highest BCUT2D eigenvalue weighted by Crippen LogP contribution is 2.17. The van der Waals surface area contributed by atoms with Crippen molar-refractivity contribution in [3.05, 3.63) is 64.1 Å². The fourth-order valence-electron chi connectivity index (χ4n) is 2.09. The lowest BCUT2D eigenvalue weighted by molar-refractivity contribution is -0.148. The Morgan fingerprint density at radius 2 is 1.85 bits per heavy atom. The number of methoxy groups -OCH3 is 1. The fraction of sp³-hybridized carbons (Fsp3) is 0.222. The highest BCUT2D eigenvalue weighted by Gasteiger charge is 2.22. The van der Waals surface area contributed by atoms with Gasteiger partial charge in [0.1, 0.15) is 17.4 Å². The van der Waals surface area contributed by atoms with Gasteiger partial charge in [-0.2, -0.15) is 0 Å². The van der Waals surface area contributed by atoms with Gasteiger partial charge in [0, 0.05) is 0 Å². The van der Waals surface area contributed by atoms with Gasteiger partial charge in [-0.05, 0) is 57.9 Å². The number of amides is 1. The molecule has 0 spiro atoms. The quantitative estimate of drug-likeness (QED) is 0.689. The van der Waals surface area contributed by atoms with Gasteiger partial charge >= 0.3 is 5.97 Å². The van der Waals surface area contributed by atoms with Crippen molar-refractivity contribution >= 4 is 27.8 Å². The zero-order chi connectivity index (χ0) is 19.1. The molecular weight excluding hydrogens is 412 g/mol. The minimum atomic E-state index is -1.09. The van der Waals surface area contributed by atoms with Crippen molar-refractivity contribution in [1.82, 2.24) is 5.32 Å². The summed E-state index contributed by atoms with van der Waals surface area (Å²) in [5.74, 6) is -1.66. The zero-order valence-electron chi connectivity index (χ0n) is 13.8. The molecule has 26 heavy (non-hydrogen) atoms. The van der Waals surface area contributed by atoms with Crippen LogP contribution < -0.4 is 10.1 Å². The first kappa shape index (κ1) is 19.8. The Labute approximate surface area is 157 Å². The average molecular weight is 428 g/mol. The molecule has 1 amide bonds. The second-order valence-electron chi connectivity index (χ2n) is 5.31. The molecule has 0 radical (unpaired) electrons. The van der Waals surface area contributed by atoms with Crippen molar-refractivity contribution in [1.29, 1.82) is 0 Å². The van der Waals surface area contributed by atoms with Gasteiger partial charge in [-0.25, -0.2) is 13.6 Å². The lowest BCUT2D eigenvalue weighted by Crippen LogP contribution is -2.41. The topological polar surface area (TPSA) is 64.6 Å². The van der Waals surface area contributed by atoms with E-state index in [2.05, 4.69) is 26.0 Å². The number of esters is 1. The molecule has 1 N–H and O–H groups in total. The summed E-state index contributed by atoms with van der Waals surface area (Å²) in [6.07, 6.45) is -1.09. The minimum absolute atomic E-state index is 0.00329. The Kier molecular flexibility index (Phi) is 7.08. The lowest BCUT2D eigenvalue weighted by atomic mass is 10.1. The molecule has 0 bridgehead atoms. The summed E-state index contributed by atoms with van der Waals surface area (Å²) in [7, 11) is 1.20. The number of hydrogen-bond acceptors (Lipinski definition) is 4. The van der Waals surface area contributed by atoms with Gasteiger partial charge in [-0.15, -0.1) is 0 Å². The maximum Gasteiger partial charge on any atom is 0.348 e. The average Bonchev–Trinajstić information content (AvgIpc) is 2.62. The van der Waals surface area contributed by atoms with Crippen molar-refractivity contribution < 1.29 is 27.8 Å². The Morgan fingerprint density at radius 3 is 2.46 bits per heavy atom. The van der Waals surface area contributed by atoms with Gasteiger partial charge < -0.3 is 14.8 Å². The van der Waals surface area contributed by atoms with E-state index in [9.17, 15) is 18.4 Å². The van der Waals surface area contributed by atoms with Crippen molar-refractivity contribution in [3.8, 4) is 5.75 Å². The number of rotatable bonds is 7. The van der Waals surface area contributed by atoms with Crippen LogP contribution in [0.15, 0.2) is 46.9 Å². The summed E-state index contributed by atoms with van der Waals surface area (Å²) in [5.41, 5.74) is 0.602. The van der Waals surface area contributed by atoms with E-state index >= 15 is 0 Å². The van der Waals surface area contributed by atoms with Gasteiger partial charge in [-0.3, -0.25) is 4.79 Å². The molecule has 0 aromatic heterocycles. The van der Waals surface area contributed by atoms with Gasteiger partial charge in [-0.1, -0.05) is 6.07 Å². The minimum Gasteiger partial charge on any atom is -0.477 e. The van der Waals surface area contributed by atoms with Crippen LogP contribution in [0.25, 0.3) is 0 Å². The molecule has 2 aromatic carbocycles. The van der Waals surface area contributed by atoms with Crippen LogP contribution in [0.5, 0.6) is 5.75 Å². The predicted molar refractivity (Wildman–Crippen MR) is 93.6 cm³/mol. The smallest absolute Gasteiger partial charge is 0.348 e. The number of nitrogens with one attached hydrogen (secondary N) is 1. The van der Waals surface area contributed by atoms with E-state index < -0.39 is 23.7 Å². The van der Waals surface area contributed by atoms with Crippen LogP contribution >= 0.6 is 15.9 Å². The zero-order valence-corrected chi connectivity index (χ0v) is 15.4. The standard InChI is InChI=1S/C18H16BrF2NO4/c1-25-18(24)16(26-13-5-3-12(20)4-6-13)10-22-17(23)9-11-2-7-15(21)14(19)8-11/h2-8,16H,9-10H2,1H3,(H,22,23). The van der Waals surface area contributed by atoms with Crippen molar-refractivity contribution in [3.63, 3.8) is 0 Å². The van der Waals surface area contributed by atoms with Crippen LogP contribution in [0, 0.1) is 11.6 Å². The lowest BCUT2D eigenvalue weighted by Gasteiger charge is -2.17. The summed E-state index contributed by atoms with van der Waals surface area (Å²) in [6, 6.07) is 9.35. The number of ether oxygens (including phenoxy) is 2. The van der Waals surface area contributed by atoms with E-state index in [1.165, 1.54) is 49.6 Å². The van der Waals surface area contributed by atoms with Crippen LogP contribution in [-0.2, 0) is 20.7 Å². The molecule has 0 saturated carbocycles. The van der Waals surface area contributed by atoms with Crippen LogP contribution in [0.3, 0.4) is 0 Å². The molecule has 5 nitrogen and oxygen atoms in total. The second kappa shape index (κ2) is 9.28. The van der Waals surface area contributed by atoms with Gasteiger partial charge in [0.15, 0.2) is 0 Å². The van der Waals surface area contributed by atoms with E-state index in [0.29, 0.717) is 5.56 Å². The molecule has 0 aliphatic carbocycles. The van der Waals surface area contributed by atoms with Crippen LogP contribution in [0.2, 0.25) is 0 Å². The van der Waals surface area contributed by atoms with E-state index in [1.807, 2.05) is 0 Å². The molecule has 8 heteroatoms. The summed E-state index contributed by atoms with van der Waals surface area (Å²) in [5, 5.41) is 2.56. The van der Waals surface area contributed by atoms with Crippen LogP contribution in [0.1, 0.15) is 5.56 Å². The predicted octanol–water partition coefficient (Wildman–Crippen LogP) is 3.01. The van der Waals surface area contributed by atoms with E-state index in [0.717, 1.165) is 0 Å². The molecule has 0 saturated heterocycles. The normalized spacial score (nSPS) is 11.5. The first-order valence-electron chi connectivity index (χ1n) is 7.59. The number of carbonyl (C=O) groups excluding carboxylic acids is 2. The van der Waals surface area contributed by atoms with E-state index in [-0.39, 0.29) is 29.1 Å². The third-order valence-corrected chi connectivity index (χ3v) is 4.00. The maximum absolute atomic E-state index is 13.2. The molecule has 0 aliphatic rings. The molecule has 2 aromatic rings. The number of benzene rings is 2. The summed E-state index contributed by atoms with van der Waals surface area (Å²) < 4.78 is 36.5. The third kappa shape index (κ3) is 5.80. The monoisotopic (exact) mass is 427 g/mol. The van der Waals surface area contributed by atoms with Crippen molar-refractivity contribution in [2.75, 3.05) is 13.7 Å². The number of halogens is 3. The summed E-state index contributed by atoms with van der Waals surface area (Å²) in [4.78, 5) is 23.9. The SMILES string of the molecule is COC(=O)C(CNC(=O)Cc1ccc(F)c(Br)c1)Oc1ccc(F)cc1. The largest absolute Gasteiger partial charge is 0.477 e. The highest BCUT2D eigenvalue weighted by molar-refractivity contribution is 9.10. The Morgan fingerprint density at radius 1 is 1.15 bits per heavy atom. The van der Waals surface area contributed by atoms with Crippen molar-refractivity contribution in [2.24, 2.45) is 0 Å². The number of carbonyl (C=O) groups is 2. The number of hydrogen-bond donors (Lipinski definition) is 1. The van der Waals surface area contributed by atoms with E-state index in [4.69, 9.17) is 4.74 Å². The van der Waals surface area contributed by atoms with E-state index in [1.54, 1.807) is 0 Å². The Hall–Kier alpha value is -2.48. The van der Waals surface area contributed by atoms with Crippen LogP contribution in [-0.4, -0.2) is 31.6 Å². The molecule has 138 valence electrons. The first-order valence-corrected chi connectivity index (χ1v) is 8.39. The van der Waals surface area contributed by atoms with Gasteiger partial charge in [0.05, 0.1) is 24.5 Å². The van der Waals surface area contributed by atoms with Gasteiger partial charge in [0.25, 0.3) is 0 Å². The molecule has 2 rings (SSSR count). The molecular formula is C18H16BrF2NO4. The molecule has 0 heterocycles. The highest BCUT2D eigenvalue weighted by atomic mass is 79.9. The van der Waals surface area contributed by atoms with Gasteiger partial charge in [0.2, 0.25) is 12.0 Å². The summed E-state index contributed by atoms with van der Waals surface area (Å²) >= 11 is 3.05. The fourth-order valence-corrected chi connectivity index (χ4v) is 2.51. The Bertz CT molecular complexity index is 783. The Balaban J connectivity index is 1.95. The molecule has 0 aliphatic heterocycles. The second-order valence-corrected chi connectivity index (χ2v) is 6.17. The third-order valence-electron chi connectivity index (χ3n) is 3.39. The maximum atomic E-state index is 13.2.